The summed E-state index contributed by atoms with van der Waals surface area (Å²) in [6.45, 7) is -0.345. The van der Waals surface area contributed by atoms with E-state index in [-0.39, 0.29) is 24.6 Å². The molecule has 1 aliphatic heterocycles. The molecule has 0 spiro atoms. The Kier molecular flexibility index (Phi) is 7.71. The molecule has 0 amide bonds. The van der Waals surface area contributed by atoms with Crippen molar-refractivity contribution in [3.05, 3.63) is 64.2 Å². The van der Waals surface area contributed by atoms with Crippen molar-refractivity contribution in [1.29, 1.82) is 0 Å². The number of aliphatic hydroxyl groups excluding tert-OH is 1. The number of halogens is 1. The van der Waals surface area contributed by atoms with Crippen LogP contribution in [0, 0.1) is 0 Å². The van der Waals surface area contributed by atoms with Gasteiger partial charge < -0.3 is 45.3 Å². The molecule has 1 saturated heterocycles. The van der Waals surface area contributed by atoms with E-state index in [9.17, 15) is 25.3 Å². The Morgan fingerprint density at radius 2 is 1.76 bits per heavy atom. The second-order valence-electron chi connectivity index (χ2n) is 7.66. The summed E-state index contributed by atoms with van der Waals surface area (Å²) in [5.74, 6) is -8.04. The zero-order valence-electron chi connectivity index (χ0n) is 17.1. The molecule has 0 aliphatic carbocycles. The molecular formula is C21H24ClNO10. The van der Waals surface area contributed by atoms with Gasteiger partial charge in [-0.3, -0.25) is 4.79 Å². The first kappa shape index (κ1) is 25.5. The minimum Gasteiger partial charge on any atom is -0.433 e. The normalized spacial score (nSPS) is 21.8. The predicted octanol–water partition coefficient (Wildman–Crippen LogP) is -0.683. The molecule has 180 valence electrons. The van der Waals surface area contributed by atoms with Gasteiger partial charge in [0.2, 0.25) is 0 Å². The average Bonchev–Trinajstić information content (AvgIpc) is 2.75. The number of hydroxylamine groups is 1. The van der Waals surface area contributed by atoms with Crippen molar-refractivity contribution in [2.75, 3.05) is 6.61 Å². The SMILES string of the molecule is O=C1CC(CO)OC(c2ccc(Cl)c(Cc3ccc(OC(O)(O)C(O)(O)O)cc3)c2)C1NO. The van der Waals surface area contributed by atoms with Gasteiger partial charge in [-0.15, -0.1) is 0 Å². The van der Waals surface area contributed by atoms with Crippen LogP contribution in [0.2, 0.25) is 5.02 Å². The summed E-state index contributed by atoms with van der Waals surface area (Å²) in [7, 11) is 0. The molecule has 0 aromatic heterocycles. The number of aliphatic hydroxyl groups is 6. The monoisotopic (exact) mass is 485 g/mol. The van der Waals surface area contributed by atoms with Crippen LogP contribution in [0.15, 0.2) is 42.5 Å². The maximum absolute atomic E-state index is 12.3. The van der Waals surface area contributed by atoms with Crippen LogP contribution in [0.5, 0.6) is 5.75 Å². The Balaban J connectivity index is 1.79. The number of ether oxygens (including phenoxy) is 2. The van der Waals surface area contributed by atoms with Gasteiger partial charge in [-0.25, -0.2) is 0 Å². The first-order valence-electron chi connectivity index (χ1n) is 9.82. The van der Waals surface area contributed by atoms with Crippen LogP contribution in [0.25, 0.3) is 0 Å². The smallest absolute Gasteiger partial charge is 0.409 e. The van der Waals surface area contributed by atoms with Crippen molar-refractivity contribution in [3.8, 4) is 5.75 Å². The minimum atomic E-state index is -3.90. The van der Waals surface area contributed by atoms with Gasteiger partial charge >= 0.3 is 11.9 Å². The molecule has 0 bridgehead atoms. The van der Waals surface area contributed by atoms with Crippen molar-refractivity contribution in [1.82, 2.24) is 5.48 Å². The Bertz CT molecular complexity index is 976. The van der Waals surface area contributed by atoms with Crippen LogP contribution >= 0.6 is 11.6 Å². The van der Waals surface area contributed by atoms with Crippen LogP contribution in [0.3, 0.4) is 0 Å². The first-order valence-corrected chi connectivity index (χ1v) is 10.2. The maximum atomic E-state index is 12.3. The number of carbonyl (C=O) groups is 1. The molecule has 3 rings (SSSR count). The third-order valence-corrected chi connectivity index (χ3v) is 5.54. The molecule has 2 aromatic rings. The van der Waals surface area contributed by atoms with Crippen molar-refractivity contribution in [2.24, 2.45) is 0 Å². The molecule has 3 atom stereocenters. The van der Waals surface area contributed by atoms with E-state index in [1.54, 1.807) is 30.3 Å². The summed E-state index contributed by atoms with van der Waals surface area (Å²) >= 11 is 6.32. The maximum Gasteiger partial charge on any atom is 0.409 e. The van der Waals surface area contributed by atoms with Crippen LogP contribution < -0.4 is 10.2 Å². The van der Waals surface area contributed by atoms with Crippen molar-refractivity contribution in [3.63, 3.8) is 0 Å². The van der Waals surface area contributed by atoms with Crippen molar-refractivity contribution >= 4 is 17.4 Å². The molecule has 1 aliphatic rings. The summed E-state index contributed by atoms with van der Waals surface area (Å²) in [6.07, 6.45) is -1.27. The van der Waals surface area contributed by atoms with E-state index in [2.05, 4.69) is 4.74 Å². The third kappa shape index (κ3) is 5.86. The molecule has 3 unspecified atom stereocenters. The topological polar surface area (TPSA) is 189 Å². The second kappa shape index (κ2) is 9.99. The minimum absolute atomic E-state index is 0.0347. The second-order valence-corrected chi connectivity index (χ2v) is 8.06. The van der Waals surface area contributed by atoms with Gasteiger partial charge in [-0.2, -0.15) is 5.48 Å². The summed E-state index contributed by atoms with van der Waals surface area (Å²) in [4.78, 5) is 12.3. The highest BCUT2D eigenvalue weighted by Crippen LogP contribution is 2.33. The number of Topliss-reactive ketones (excluding diaryl/α,β-unsaturated/α-hetero) is 1. The zero-order chi connectivity index (χ0) is 24.4. The number of carbonyl (C=O) groups excluding carboxylic acids is 1. The Morgan fingerprint density at radius 3 is 2.33 bits per heavy atom. The summed E-state index contributed by atoms with van der Waals surface area (Å²) in [5, 5.41) is 64.8. The number of nitrogens with one attached hydrogen (secondary N) is 1. The van der Waals surface area contributed by atoms with Gasteiger partial charge in [0.25, 0.3) is 0 Å². The van der Waals surface area contributed by atoms with E-state index in [0.717, 1.165) is 0 Å². The van der Waals surface area contributed by atoms with E-state index < -0.39 is 30.2 Å². The number of benzene rings is 2. The molecule has 8 N–H and O–H groups in total. The standard InChI is InChI=1S/C21H24ClNO10/c22-16-6-3-12(19-18(23-31)17(25)9-15(10-24)32-19)8-13(16)7-11-1-4-14(5-2-11)33-21(29,30)20(26,27)28/h1-6,8,15,18-19,23-24,26-31H,7,9-10H2. The van der Waals surface area contributed by atoms with Crippen LogP contribution in [0.1, 0.15) is 29.2 Å². The highest BCUT2D eigenvalue weighted by atomic mass is 35.5. The average molecular weight is 486 g/mol. The van der Waals surface area contributed by atoms with Crippen LogP contribution in [-0.2, 0) is 16.0 Å². The summed E-state index contributed by atoms with van der Waals surface area (Å²) in [5.41, 5.74) is 3.89. The highest BCUT2D eigenvalue weighted by Gasteiger charge is 2.50. The van der Waals surface area contributed by atoms with E-state index in [1.165, 1.54) is 12.1 Å². The molecular weight excluding hydrogens is 462 g/mol. The number of rotatable bonds is 8. The molecule has 1 heterocycles. The molecule has 2 aromatic carbocycles. The van der Waals surface area contributed by atoms with Gasteiger partial charge in [0.15, 0.2) is 5.78 Å². The zero-order valence-corrected chi connectivity index (χ0v) is 17.9. The van der Waals surface area contributed by atoms with Gasteiger partial charge in [-0.1, -0.05) is 35.9 Å². The highest BCUT2D eigenvalue weighted by molar-refractivity contribution is 6.31. The summed E-state index contributed by atoms with van der Waals surface area (Å²) in [6, 6.07) is 9.67. The quantitative estimate of drug-likeness (QED) is 0.174. The van der Waals surface area contributed by atoms with Gasteiger partial charge in [0.1, 0.15) is 17.9 Å². The van der Waals surface area contributed by atoms with E-state index >= 15 is 0 Å². The Hall–Kier alpha value is -2.16. The number of hydrogen-bond acceptors (Lipinski definition) is 11. The molecule has 33 heavy (non-hydrogen) atoms. The third-order valence-electron chi connectivity index (χ3n) is 5.17. The van der Waals surface area contributed by atoms with Crippen LogP contribution in [0.4, 0.5) is 0 Å². The predicted molar refractivity (Wildman–Crippen MR) is 111 cm³/mol. The fourth-order valence-corrected chi connectivity index (χ4v) is 3.59. The van der Waals surface area contributed by atoms with Gasteiger partial charge in [0, 0.05) is 11.4 Å². The lowest BCUT2D eigenvalue weighted by Gasteiger charge is -2.34. The molecule has 11 nitrogen and oxygen atoms in total. The summed E-state index contributed by atoms with van der Waals surface area (Å²) < 4.78 is 10.4. The molecule has 0 radical (unpaired) electrons. The first-order chi connectivity index (χ1) is 15.4. The van der Waals surface area contributed by atoms with E-state index in [0.29, 0.717) is 28.1 Å². The largest absolute Gasteiger partial charge is 0.433 e. The van der Waals surface area contributed by atoms with Gasteiger partial charge in [0.05, 0.1) is 12.7 Å². The Morgan fingerprint density at radius 1 is 1.09 bits per heavy atom. The van der Waals surface area contributed by atoms with Crippen molar-refractivity contribution in [2.45, 2.75) is 43.0 Å². The molecule has 12 heteroatoms. The fraction of sp³-hybridized carbons (Fsp3) is 0.381. The van der Waals surface area contributed by atoms with Crippen LogP contribution in [-0.4, -0.2) is 72.3 Å². The van der Waals surface area contributed by atoms with E-state index in [4.69, 9.17) is 31.7 Å². The number of hydrogen-bond donors (Lipinski definition) is 8. The lowest BCUT2D eigenvalue weighted by Crippen LogP contribution is -2.58. The van der Waals surface area contributed by atoms with Crippen molar-refractivity contribution < 1.29 is 50.1 Å². The lowest BCUT2D eigenvalue weighted by molar-refractivity contribution is -0.502. The van der Waals surface area contributed by atoms with E-state index in [1.807, 2.05) is 5.48 Å². The number of ketones is 1. The Labute approximate surface area is 193 Å². The molecule has 1 fully saturated rings. The molecule has 0 saturated carbocycles. The van der Waals surface area contributed by atoms with Gasteiger partial charge in [-0.05, 0) is 41.3 Å². The lowest BCUT2D eigenvalue weighted by atomic mass is 9.91. The fourth-order valence-electron chi connectivity index (χ4n) is 3.41.